The van der Waals surface area contributed by atoms with E-state index in [0.717, 1.165) is 12.0 Å². The summed E-state index contributed by atoms with van der Waals surface area (Å²) in [5.74, 6) is 0.756. The third-order valence-electron chi connectivity index (χ3n) is 4.24. The van der Waals surface area contributed by atoms with Crippen molar-refractivity contribution in [3.05, 3.63) is 35.9 Å². The van der Waals surface area contributed by atoms with Gasteiger partial charge in [-0.05, 0) is 37.7 Å². The van der Waals surface area contributed by atoms with Gasteiger partial charge in [-0.15, -0.1) is 12.4 Å². The lowest BCUT2D eigenvalue weighted by Crippen LogP contribution is -2.38. The fourth-order valence-corrected chi connectivity index (χ4v) is 3.04. The largest absolute Gasteiger partial charge is 0.328 e. The van der Waals surface area contributed by atoms with Crippen molar-refractivity contribution < 1.29 is 0 Å². The summed E-state index contributed by atoms with van der Waals surface area (Å²) in [6, 6.07) is 12.8. The third-order valence-corrected chi connectivity index (χ3v) is 4.24. The Balaban J connectivity index is 0.00000120. The van der Waals surface area contributed by atoms with Gasteiger partial charge in [-0.3, -0.25) is 0 Å². The summed E-state index contributed by atoms with van der Waals surface area (Å²) in [5, 5.41) is 3.81. The Morgan fingerprint density at radius 1 is 1.00 bits per heavy atom. The molecule has 0 radical (unpaired) electrons. The van der Waals surface area contributed by atoms with Gasteiger partial charge in [0, 0.05) is 24.0 Å². The van der Waals surface area contributed by atoms with Crippen molar-refractivity contribution in [2.24, 2.45) is 5.73 Å². The van der Waals surface area contributed by atoms with Crippen LogP contribution in [0, 0.1) is 0 Å². The van der Waals surface area contributed by atoms with Gasteiger partial charge in [-0.25, -0.2) is 0 Å². The van der Waals surface area contributed by atoms with E-state index in [9.17, 15) is 0 Å². The number of nitrogens with one attached hydrogen (secondary N) is 1. The van der Waals surface area contributed by atoms with Crippen LogP contribution in [0.5, 0.6) is 0 Å². The summed E-state index contributed by atoms with van der Waals surface area (Å²) in [4.78, 5) is 0. The molecular weight excluding hydrogens is 244 g/mol. The second kappa shape index (κ2) is 6.05. The van der Waals surface area contributed by atoms with E-state index in [4.69, 9.17) is 5.73 Å². The quantitative estimate of drug-likeness (QED) is 0.883. The van der Waals surface area contributed by atoms with E-state index < -0.39 is 0 Å². The molecule has 0 unspecified atom stereocenters. The predicted molar refractivity (Wildman–Crippen MR) is 78.2 cm³/mol. The van der Waals surface area contributed by atoms with Crippen LogP contribution in [-0.4, -0.2) is 18.1 Å². The van der Waals surface area contributed by atoms with Crippen molar-refractivity contribution in [3.63, 3.8) is 0 Å². The Kier molecular flexibility index (Phi) is 4.66. The summed E-state index contributed by atoms with van der Waals surface area (Å²) in [6.45, 7) is 0. The zero-order chi connectivity index (χ0) is 11.7. The Morgan fingerprint density at radius 3 is 2.33 bits per heavy atom. The molecule has 0 saturated heterocycles. The van der Waals surface area contributed by atoms with Crippen LogP contribution in [0.2, 0.25) is 0 Å². The highest BCUT2D eigenvalue weighted by Gasteiger charge is 2.39. The van der Waals surface area contributed by atoms with Gasteiger partial charge in [0.2, 0.25) is 0 Å². The lowest BCUT2D eigenvalue weighted by atomic mass is 9.92. The number of benzene rings is 1. The SMILES string of the molecule is Cl.N[C@H]1CC[C@@H](N[C@@H]2C[C@H]2c2ccccc2)CC1. The van der Waals surface area contributed by atoms with Crippen LogP contribution in [0.15, 0.2) is 30.3 Å². The molecule has 0 aromatic heterocycles. The van der Waals surface area contributed by atoms with Crippen molar-refractivity contribution in [1.29, 1.82) is 0 Å². The molecule has 2 nitrogen and oxygen atoms in total. The predicted octanol–water partition coefficient (Wildman–Crippen LogP) is 2.82. The number of rotatable bonds is 3. The molecule has 3 N–H and O–H groups in total. The molecule has 0 amide bonds. The molecule has 0 spiro atoms. The summed E-state index contributed by atoms with van der Waals surface area (Å²) in [7, 11) is 0. The zero-order valence-electron chi connectivity index (χ0n) is 10.7. The second-order valence-electron chi connectivity index (χ2n) is 5.64. The van der Waals surface area contributed by atoms with Gasteiger partial charge < -0.3 is 11.1 Å². The second-order valence-corrected chi connectivity index (χ2v) is 5.64. The van der Waals surface area contributed by atoms with Gasteiger partial charge in [0.05, 0.1) is 0 Å². The number of halogens is 1. The third kappa shape index (κ3) is 3.25. The molecule has 100 valence electrons. The average Bonchev–Trinajstić information content (AvgIpc) is 3.13. The van der Waals surface area contributed by atoms with Gasteiger partial charge in [-0.1, -0.05) is 30.3 Å². The highest BCUT2D eigenvalue weighted by Crippen LogP contribution is 2.41. The van der Waals surface area contributed by atoms with Crippen molar-refractivity contribution in [1.82, 2.24) is 5.32 Å². The fraction of sp³-hybridized carbons (Fsp3) is 0.600. The summed E-state index contributed by atoms with van der Waals surface area (Å²) in [5.41, 5.74) is 7.43. The standard InChI is InChI=1S/C15H22N2.ClH/c16-12-6-8-13(9-7-12)17-15-10-14(15)11-4-2-1-3-5-11;/h1-5,12-15,17H,6-10,16H2;1H/t12-,13+,14-,15+;/m0./s1. The van der Waals surface area contributed by atoms with Crippen LogP contribution in [0.4, 0.5) is 0 Å². The van der Waals surface area contributed by atoms with E-state index in [1.165, 1.54) is 37.7 Å². The van der Waals surface area contributed by atoms with Gasteiger partial charge in [-0.2, -0.15) is 0 Å². The van der Waals surface area contributed by atoms with E-state index in [1.54, 1.807) is 0 Å². The fourth-order valence-electron chi connectivity index (χ4n) is 3.04. The maximum Gasteiger partial charge on any atom is 0.0145 e. The molecule has 0 bridgehead atoms. The first-order valence-electron chi connectivity index (χ1n) is 6.89. The van der Waals surface area contributed by atoms with Gasteiger partial charge in [0.1, 0.15) is 0 Å². The summed E-state index contributed by atoms with van der Waals surface area (Å²) < 4.78 is 0. The van der Waals surface area contributed by atoms with Crippen LogP contribution in [0.1, 0.15) is 43.6 Å². The van der Waals surface area contributed by atoms with E-state index in [-0.39, 0.29) is 12.4 Å². The van der Waals surface area contributed by atoms with E-state index >= 15 is 0 Å². The minimum Gasteiger partial charge on any atom is -0.328 e. The maximum absolute atomic E-state index is 5.93. The first-order valence-corrected chi connectivity index (χ1v) is 6.89. The van der Waals surface area contributed by atoms with Crippen LogP contribution < -0.4 is 11.1 Å². The average molecular weight is 267 g/mol. The molecule has 0 heterocycles. The van der Waals surface area contributed by atoms with Crippen molar-refractivity contribution in [2.75, 3.05) is 0 Å². The molecule has 2 aliphatic rings. The van der Waals surface area contributed by atoms with Crippen LogP contribution in [0.25, 0.3) is 0 Å². The van der Waals surface area contributed by atoms with E-state index in [1.807, 2.05) is 0 Å². The van der Waals surface area contributed by atoms with Gasteiger partial charge in [0.15, 0.2) is 0 Å². The van der Waals surface area contributed by atoms with Crippen molar-refractivity contribution in [2.45, 2.75) is 56.1 Å². The van der Waals surface area contributed by atoms with E-state index in [2.05, 4.69) is 35.6 Å². The lowest BCUT2D eigenvalue weighted by Gasteiger charge is -2.27. The van der Waals surface area contributed by atoms with Gasteiger partial charge >= 0.3 is 0 Å². The van der Waals surface area contributed by atoms with Gasteiger partial charge in [0.25, 0.3) is 0 Å². The molecule has 2 saturated carbocycles. The van der Waals surface area contributed by atoms with Crippen molar-refractivity contribution >= 4 is 12.4 Å². The summed E-state index contributed by atoms with van der Waals surface area (Å²) in [6.07, 6.45) is 6.23. The zero-order valence-corrected chi connectivity index (χ0v) is 11.5. The molecular formula is C15H23ClN2. The molecule has 0 aliphatic heterocycles. The summed E-state index contributed by atoms with van der Waals surface area (Å²) >= 11 is 0. The Hall–Kier alpha value is -0.570. The molecule has 18 heavy (non-hydrogen) atoms. The van der Waals surface area contributed by atoms with Crippen LogP contribution >= 0.6 is 12.4 Å². The first-order chi connectivity index (χ1) is 8.33. The number of nitrogens with two attached hydrogens (primary N) is 1. The molecule has 1 aromatic carbocycles. The molecule has 1 aromatic rings. The molecule has 2 atom stereocenters. The molecule has 2 aliphatic carbocycles. The molecule has 3 rings (SSSR count). The topological polar surface area (TPSA) is 38.0 Å². The molecule has 3 heteroatoms. The van der Waals surface area contributed by atoms with Crippen LogP contribution in [0.3, 0.4) is 0 Å². The Bertz CT molecular complexity index is 360. The van der Waals surface area contributed by atoms with E-state index in [0.29, 0.717) is 12.1 Å². The normalized spacial score (nSPS) is 34.7. The number of hydrogen-bond acceptors (Lipinski definition) is 2. The first kappa shape index (κ1) is 13.9. The maximum atomic E-state index is 5.93. The monoisotopic (exact) mass is 266 g/mol. The smallest absolute Gasteiger partial charge is 0.0145 e. The lowest BCUT2D eigenvalue weighted by molar-refractivity contribution is 0.339. The minimum absolute atomic E-state index is 0. The Morgan fingerprint density at radius 2 is 1.67 bits per heavy atom. The Labute approximate surface area is 116 Å². The van der Waals surface area contributed by atoms with Crippen molar-refractivity contribution in [3.8, 4) is 0 Å². The minimum atomic E-state index is 0. The van der Waals surface area contributed by atoms with Crippen LogP contribution in [-0.2, 0) is 0 Å². The highest BCUT2D eigenvalue weighted by atomic mass is 35.5. The number of hydrogen-bond donors (Lipinski definition) is 2. The highest BCUT2D eigenvalue weighted by molar-refractivity contribution is 5.85. The molecule has 2 fully saturated rings.